The van der Waals surface area contributed by atoms with Crippen molar-refractivity contribution in [1.29, 1.82) is 0 Å². The van der Waals surface area contributed by atoms with Crippen LogP contribution in [0, 0.1) is 0 Å². The first-order chi connectivity index (χ1) is 28.8. The van der Waals surface area contributed by atoms with Gasteiger partial charge in [0, 0.05) is 54.3 Å². The number of anilines is 6. The molecule has 272 valence electrons. The molecule has 1 spiro atoms. The van der Waals surface area contributed by atoms with Crippen LogP contribution in [0.2, 0.25) is 0 Å². The minimum Gasteiger partial charge on any atom is -0.310 e. The molecule has 0 saturated heterocycles. The lowest BCUT2D eigenvalue weighted by atomic mass is 9.70. The molecule has 1 aromatic heterocycles. The smallest absolute Gasteiger partial charge is 0.0727 e. The number of hydrogen-bond acceptors (Lipinski definition) is 3. The normalized spacial score (nSPS) is 14.6. The van der Waals surface area contributed by atoms with Gasteiger partial charge in [0.15, 0.2) is 0 Å². The number of nitrogens with zero attached hydrogens (tertiary/aromatic N) is 2. The molecule has 2 aliphatic carbocycles. The van der Waals surface area contributed by atoms with Crippen molar-refractivity contribution in [2.75, 3.05) is 9.80 Å². The highest BCUT2D eigenvalue weighted by atomic mass is 32.1. The van der Waals surface area contributed by atoms with Gasteiger partial charge in [0.25, 0.3) is 0 Å². The van der Waals surface area contributed by atoms with Gasteiger partial charge in [-0.3, -0.25) is 0 Å². The third-order valence-corrected chi connectivity index (χ3v) is 13.4. The molecule has 0 radical (unpaired) electrons. The van der Waals surface area contributed by atoms with Crippen LogP contribution in [-0.4, -0.2) is 0 Å². The highest BCUT2D eigenvalue weighted by molar-refractivity contribution is 7.25. The Morgan fingerprint density at radius 2 is 0.672 bits per heavy atom. The maximum absolute atomic E-state index is 2.49. The molecule has 12 rings (SSSR count). The lowest BCUT2D eigenvalue weighted by Crippen LogP contribution is -2.26. The van der Waals surface area contributed by atoms with Crippen LogP contribution in [0.1, 0.15) is 22.3 Å². The van der Waals surface area contributed by atoms with E-state index in [9.17, 15) is 0 Å². The van der Waals surface area contributed by atoms with Crippen LogP contribution in [0.3, 0.4) is 0 Å². The number of benzene rings is 9. The quantitative estimate of drug-likeness (QED) is 0.167. The van der Waals surface area contributed by atoms with Crippen LogP contribution < -0.4 is 9.80 Å². The SMILES string of the molecule is c1ccc(N(c2ccccc2)c2ccc3c(c2)C2(c4ccccc4-3)c3ccccc3-c3ccc(N(c4ccccc4)c4ccc5c(c4)sc4ccccc45)cc32)cc1. The number of hydrogen-bond donors (Lipinski definition) is 0. The summed E-state index contributed by atoms with van der Waals surface area (Å²) in [6.45, 7) is 0. The van der Waals surface area contributed by atoms with Gasteiger partial charge >= 0.3 is 0 Å². The molecule has 0 amide bonds. The van der Waals surface area contributed by atoms with E-state index in [0.29, 0.717) is 0 Å². The Labute approximate surface area is 342 Å². The summed E-state index contributed by atoms with van der Waals surface area (Å²) in [4.78, 5) is 4.82. The van der Waals surface area contributed by atoms with Gasteiger partial charge in [0.1, 0.15) is 0 Å². The van der Waals surface area contributed by atoms with Gasteiger partial charge < -0.3 is 9.80 Å². The van der Waals surface area contributed by atoms with Crippen LogP contribution in [0.4, 0.5) is 34.1 Å². The zero-order valence-electron chi connectivity index (χ0n) is 31.6. The molecule has 58 heavy (non-hydrogen) atoms. The molecule has 1 heterocycles. The van der Waals surface area contributed by atoms with Crippen molar-refractivity contribution in [3.05, 3.63) is 241 Å². The second-order valence-corrected chi connectivity index (χ2v) is 16.3. The fraction of sp³-hybridized carbons (Fsp3) is 0.0182. The molecule has 2 aliphatic rings. The standard InChI is InChI=1S/C55H36N2S/c1-4-16-37(17-5-1)56(38-18-6-2-7-19-38)40-28-31-45-43-22-10-13-25-49(43)55(51(45)34-40)50-26-14-11-23-44(50)46-32-29-41(35-52(46)55)57(39-20-8-3-9-21-39)42-30-33-48-47-24-12-15-27-53(47)58-54(48)36-42/h1-36H. The molecule has 0 bridgehead atoms. The molecule has 0 fully saturated rings. The lowest BCUT2D eigenvalue weighted by Gasteiger charge is -2.33. The molecule has 3 heteroatoms. The number of fused-ring (bicyclic) bond motifs is 13. The summed E-state index contributed by atoms with van der Waals surface area (Å²) in [6.07, 6.45) is 0. The molecule has 1 atom stereocenters. The summed E-state index contributed by atoms with van der Waals surface area (Å²) in [7, 11) is 0. The van der Waals surface area contributed by atoms with Gasteiger partial charge in [0.05, 0.1) is 5.41 Å². The molecule has 0 N–H and O–H groups in total. The summed E-state index contributed by atoms with van der Waals surface area (Å²) in [5.41, 5.74) is 16.7. The Kier molecular flexibility index (Phi) is 7.35. The Morgan fingerprint density at radius 1 is 0.276 bits per heavy atom. The van der Waals surface area contributed by atoms with E-state index in [1.165, 1.54) is 64.7 Å². The van der Waals surface area contributed by atoms with Crippen molar-refractivity contribution in [1.82, 2.24) is 0 Å². The monoisotopic (exact) mass is 756 g/mol. The maximum Gasteiger partial charge on any atom is 0.0727 e. The molecule has 9 aromatic carbocycles. The molecule has 10 aromatic rings. The van der Waals surface area contributed by atoms with E-state index < -0.39 is 5.41 Å². The fourth-order valence-corrected chi connectivity index (χ4v) is 11.0. The molecule has 1 unspecified atom stereocenters. The Bertz CT molecular complexity index is 3140. The molecule has 2 nitrogen and oxygen atoms in total. The Morgan fingerprint density at radius 3 is 1.22 bits per heavy atom. The Hall–Kier alpha value is -7.20. The van der Waals surface area contributed by atoms with Crippen molar-refractivity contribution in [3.8, 4) is 22.3 Å². The van der Waals surface area contributed by atoms with Gasteiger partial charge in [0.2, 0.25) is 0 Å². The van der Waals surface area contributed by atoms with Crippen LogP contribution in [0.15, 0.2) is 218 Å². The topological polar surface area (TPSA) is 6.48 Å². The summed E-state index contributed by atoms with van der Waals surface area (Å²) in [5.74, 6) is 0. The fourth-order valence-electron chi connectivity index (χ4n) is 9.87. The molecule has 0 aliphatic heterocycles. The minimum absolute atomic E-state index is 0.527. The third-order valence-electron chi connectivity index (χ3n) is 12.2. The zero-order valence-corrected chi connectivity index (χ0v) is 32.4. The summed E-state index contributed by atoms with van der Waals surface area (Å²) >= 11 is 1.86. The van der Waals surface area contributed by atoms with E-state index in [4.69, 9.17) is 0 Å². The highest BCUT2D eigenvalue weighted by Crippen LogP contribution is 2.64. The van der Waals surface area contributed by atoms with Crippen molar-refractivity contribution in [2.45, 2.75) is 5.41 Å². The van der Waals surface area contributed by atoms with E-state index in [2.05, 4.69) is 228 Å². The average Bonchev–Trinajstić information content (AvgIpc) is 3.91. The third kappa shape index (κ3) is 4.78. The molecular formula is C55H36N2S. The predicted molar refractivity (Wildman–Crippen MR) is 245 cm³/mol. The first-order valence-corrected chi connectivity index (χ1v) is 20.7. The minimum atomic E-state index is -0.527. The molecule has 0 saturated carbocycles. The average molecular weight is 757 g/mol. The second-order valence-electron chi connectivity index (χ2n) is 15.3. The van der Waals surface area contributed by atoms with E-state index in [-0.39, 0.29) is 0 Å². The summed E-state index contributed by atoms with van der Waals surface area (Å²) < 4.78 is 2.60. The zero-order chi connectivity index (χ0) is 38.2. The first kappa shape index (κ1) is 33.0. The van der Waals surface area contributed by atoms with Gasteiger partial charge in [-0.2, -0.15) is 0 Å². The lowest BCUT2D eigenvalue weighted by molar-refractivity contribution is 0.793. The first-order valence-electron chi connectivity index (χ1n) is 19.9. The van der Waals surface area contributed by atoms with Gasteiger partial charge in [-0.15, -0.1) is 11.3 Å². The number of para-hydroxylation sites is 3. The summed E-state index contributed by atoms with van der Waals surface area (Å²) in [6, 6.07) is 80.5. The predicted octanol–water partition coefficient (Wildman–Crippen LogP) is 15.3. The van der Waals surface area contributed by atoms with Crippen molar-refractivity contribution >= 4 is 65.6 Å². The van der Waals surface area contributed by atoms with E-state index in [0.717, 1.165) is 34.1 Å². The van der Waals surface area contributed by atoms with Crippen LogP contribution in [-0.2, 0) is 5.41 Å². The van der Waals surface area contributed by atoms with E-state index >= 15 is 0 Å². The summed E-state index contributed by atoms with van der Waals surface area (Å²) in [5, 5.41) is 2.62. The maximum atomic E-state index is 2.49. The van der Waals surface area contributed by atoms with E-state index in [1.807, 2.05) is 11.3 Å². The van der Waals surface area contributed by atoms with Crippen molar-refractivity contribution < 1.29 is 0 Å². The second kappa shape index (κ2) is 12.9. The van der Waals surface area contributed by atoms with Crippen LogP contribution in [0.25, 0.3) is 42.4 Å². The van der Waals surface area contributed by atoms with Crippen molar-refractivity contribution in [2.24, 2.45) is 0 Å². The van der Waals surface area contributed by atoms with Crippen LogP contribution in [0.5, 0.6) is 0 Å². The van der Waals surface area contributed by atoms with Crippen LogP contribution >= 0.6 is 11.3 Å². The van der Waals surface area contributed by atoms with Crippen molar-refractivity contribution in [3.63, 3.8) is 0 Å². The van der Waals surface area contributed by atoms with Gasteiger partial charge in [-0.1, -0.05) is 140 Å². The van der Waals surface area contributed by atoms with E-state index in [1.54, 1.807) is 0 Å². The van der Waals surface area contributed by atoms with Gasteiger partial charge in [-0.25, -0.2) is 0 Å². The number of rotatable bonds is 6. The van der Waals surface area contributed by atoms with Gasteiger partial charge in [-0.05, 0) is 123 Å². The highest BCUT2D eigenvalue weighted by Gasteiger charge is 2.52. The number of thiophene rings is 1. The molecular weight excluding hydrogens is 721 g/mol. The Balaban J connectivity index is 1.11. The largest absolute Gasteiger partial charge is 0.310 e.